The highest BCUT2D eigenvalue weighted by atomic mass is 32.2. The van der Waals surface area contributed by atoms with E-state index in [9.17, 15) is 5.11 Å². The molecule has 1 aromatic carbocycles. The molecule has 0 saturated carbocycles. The van der Waals surface area contributed by atoms with E-state index in [1.165, 1.54) is 22.0 Å². The van der Waals surface area contributed by atoms with Crippen molar-refractivity contribution in [2.24, 2.45) is 5.41 Å². The molecule has 0 radical (unpaired) electrons. The first-order chi connectivity index (χ1) is 9.93. The van der Waals surface area contributed by atoms with Crippen molar-refractivity contribution in [1.29, 1.82) is 0 Å². The van der Waals surface area contributed by atoms with Crippen LogP contribution in [0.15, 0.2) is 35.2 Å². The maximum atomic E-state index is 10.5. The molecule has 0 saturated heterocycles. The average molecular weight is 301 g/mol. The quantitative estimate of drug-likeness (QED) is 0.825. The third-order valence-electron chi connectivity index (χ3n) is 4.40. The molecular weight excluding hydrogens is 278 g/mol. The molecule has 0 amide bonds. The second kappa shape index (κ2) is 5.22. The SMILES string of the molecule is CSc1ccccc1-n1c(C)cc2c1CC(C)(C)CC2O. The lowest BCUT2D eigenvalue weighted by Crippen LogP contribution is -2.26. The van der Waals surface area contributed by atoms with Gasteiger partial charge in [-0.15, -0.1) is 11.8 Å². The predicted octanol–water partition coefficient (Wildman–Crippen LogP) is 4.51. The van der Waals surface area contributed by atoms with E-state index in [2.05, 4.69) is 61.9 Å². The number of fused-ring (bicyclic) bond motifs is 1. The van der Waals surface area contributed by atoms with E-state index in [0.29, 0.717) is 0 Å². The Hall–Kier alpha value is -1.19. The standard InChI is InChI=1S/C18H23NOS/c1-12-9-13-15(10-18(2,3)11-16(13)20)19(12)14-7-5-6-8-17(14)21-4/h5-9,16,20H,10-11H2,1-4H3. The van der Waals surface area contributed by atoms with Gasteiger partial charge in [0, 0.05) is 21.8 Å². The second-order valence-corrected chi connectivity index (χ2v) is 7.60. The summed E-state index contributed by atoms with van der Waals surface area (Å²) in [7, 11) is 0. The van der Waals surface area contributed by atoms with Crippen LogP contribution in [0.4, 0.5) is 0 Å². The van der Waals surface area contributed by atoms with Gasteiger partial charge in [0.1, 0.15) is 0 Å². The van der Waals surface area contributed by atoms with Gasteiger partial charge in [-0.05, 0) is 49.6 Å². The van der Waals surface area contributed by atoms with E-state index in [1.54, 1.807) is 11.8 Å². The van der Waals surface area contributed by atoms with Crippen molar-refractivity contribution in [1.82, 2.24) is 4.57 Å². The summed E-state index contributed by atoms with van der Waals surface area (Å²) in [6.45, 7) is 6.62. The van der Waals surface area contributed by atoms with Crippen LogP contribution in [0.1, 0.15) is 43.3 Å². The number of hydrogen-bond donors (Lipinski definition) is 1. The molecule has 3 rings (SSSR count). The number of aromatic nitrogens is 1. The van der Waals surface area contributed by atoms with Crippen molar-refractivity contribution in [3.05, 3.63) is 47.3 Å². The van der Waals surface area contributed by atoms with Gasteiger partial charge in [0.15, 0.2) is 0 Å². The lowest BCUT2D eigenvalue weighted by molar-refractivity contribution is 0.0986. The molecule has 112 valence electrons. The van der Waals surface area contributed by atoms with E-state index in [0.717, 1.165) is 18.4 Å². The summed E-state index contributed by atoms with van der Waals surface area (Å²) in [6, 6.07) is 10.7. The van der Waals surface area contributed by atoms with Gasteiger partial charge in [-0.2, -0.15) is 0 Å². The van der Waals surface area contributed by atoms with Crippen LogP contribution in [-0.2, 0) is 6.42 Å². The number of aliphatic hydroxyl groups is 1. The molecule has 2 aromatic rings. The Morgan fingerprint density at radius 3 is 2.71 bits per heavy atom. The number of aliphatic hydroxyl groups excluding tert-OH is 1. The molecule has 0 fully saturated rings. The summed E-state index contributed by atoms with van der Waals surface area (Å²) >= 11 is 1.77. The monoisotopic (exact) mass is 301 g/mol. The Bertz CT molecular complexity index is 672. The molecule has 0 bridgehead atoms. The van der Waals surface area contributed by atoms with Crippen molar-refractivity contribution in [3.63, 3.8) is 0 Å². The van der Waals surface area contributed by atoms with Gasteiger partial charge in [0.2, 0.25) is 0 Å². The molecular formula is C18H23NOS. The molecule has 3 heteroatoms. The van der Waals surface area contributed by atoms with Gasteiger partial charge in [0.05, 0.1) is 11.8 Å². The maximum Gasteiger partial charge on any atom is 0.0812 e. The lowest BCUT2D eigenvalue weighted by Gasteiger charge is -2.34. The summed E-state index contributed by atoms with van der Waals surface area (Å²) in [5, 5.41) is 10.5. The third-order valence-corrected chi connectivity index (χ3v) is 5.18. The molecule has 2 nitrogen and oxygen atoms in total. The highest BCUT2D eigenvalue weighted by molar-refractivity contribution is 7.98. The van der Waals surface area contributed by atoms with Crippen LogP contribution in [0.5, 0.6) is 0 Å². The van der Waals surface area contributed by atoms with Crippen LogP contribution in [0.25, 0.3) is 5.69 Å². The van der Waals surface area contributed by atoms with Gasteiger partial charge >= 0.3 is 0 Å². The zero-order valence-electron chi connectivity index (χ0n) is 13.2. The largest absolute Gasteiger partial charge is 0.388 e. The normalized spacial score (nSPS) is 20.3. The van der Waals surface area contributed by atoms with E-state index >= 15 is 0 Å². The molecule has 1 aliphatic carbocycles. The first-order valence-corrected chi connectivity index (χ1v) is 8.68. The minimum Gasteiger partial charge on any atom is -0.388 e. The fraction of sp³-hybridized carbons (Fsp3) is 0.444. The molecule has 1 N–H and O–H groups in total. The smallest absolute Gasteiger partial charge is 0.0812 e. The fourth-order valence-corrected chi connectivity index (χ4v) is 4.08. The summed E-state index contributed by atoms with van der Waals surface area (Å²) in [6.07, 6.45) is 3.62. The molecule has 1 aromatic heterocycles. The van der Waals surface area contributed by atoms with Crippen LogP contribution in [0, 0.1) is 12.3 Å². The summed E-state index contributed by atoms with van der Waals surface area (Å²) in [5.74, 6) is 0. The number of thioether (sulfide) groups is 1. The average Bonchev–Trinajstić information content (AvgIpc) is 2.74. The fourth-order valence-electron chi connectivity index (χ4n) is 3.49. The number of aryl methyl sites for hydroxylation is 1. The molecule has 1 unspecified atom stereocenters. The molecule has 1 heterocycles. The van der Waals surface area contributed by atoms with Crippen molar-refractivity contribution >= 4 is 11.8 Å². The number of benzene rings is 1. The topological polar surface area (TPSA) is 25.2 Å². The van der Waals surface area contributed by atoms with Crippen LogP contribution in [-0.4, -0.2) is 15.9 Å². The van der Waals surface area contributed by atoms with Crippen LogP contribution < -0.4 is 0 Å². The number of nitrogens with zero attached hydrogens (tertiary/aromatic N) is 1. The van der Waals surface area contributed by atoms with Crippen molar-refractivity contribution < 1.29 is 5.11 Å². The first-order valence-electron chi connectivity index (χ1n) is 7.45. The van der Waals surface area contributed by atoms with Crippen LogP contribution in [0.3, 0.4) is 0 Å². The first kappa shape index (κ1) is 14.7. The van der Waals surface area contributed by atoms with Gasteiger partial charge in [-0.1, -0.05) is 26.0 Å². The third kappa shape index (κ3) is 2.53. The van der Waals surface area contributed by atoms with E-state index in [-0.39, 0.29) is 11.5 Å². The predicted molar refractivity (Wildman–Crippen MR) is 89.3 cm³/mol. The van der Waals surface area contributed by atoms with Crippen molar-refractivity contribution in [3.8, 4) is 5.69 Å². The maximum absolute atomic E-state index is 10.5. The molecule has 0 spiro atoms. The highest BCUT2D eigenvalue weighted by Crippen LogP contribution is 2.43. The van der Waals surface area contributed by atoms with Gasteiger partial charge in [-0.25, -0.2) is 0 Å². The minimum atomic E-state index is -0.342. The van der Waals surface area contributed by atoms with E-state index in [1.807, 2.05) is 0 Å². The van der Waals surface area contributed by atoms with Gasteiger partial charge in [0.25, 0.3) is 0 Å². The molecule has 0 aliphatic heterocycles. The minimum absolute atomic E-state index is 0.142. The lowest BCUT2D eigenvalue weighted by atomic mass is 9.75. The van der Waals surface area contributed by atoms with E-state index < -0.39 is 0 Å². The molecule has 1 atom stereocenters. The Morgan fingerprint density at radius 2 is 2.00 bits per heavy atom. The summed E-state index contributed by atoms with van der Waals surface area (Å²) < 4.78 is 2.34. The summed E-state index contributed by atoms with van der Waals surface area (Å²) in [4.78, 5) is 1.27. The number of para-hydroxylation sites is 1. The zero-order chi connectivity index (χ0) is 15.2. The summed E-state index contributed by atoms with van der Waals surface area (Å²) in [5.41, 5.74) is 4.97. The highest BCUT2D eigenvalue weighted by Gasteiger charge is 2.34. The molecule has 21 heavy (non-hydrogen) atoms. The van der Waals surface area contributed by atoms with Crippen LogP contribution in [0.2, 0.25) is 0 Å². The van der Waals surface area contributed by atoms with Gasteiger partial charge < -0.3 is 9.67 Å². The Labute approximate surface area is 131 Å². The van der Waals surface area contributed by atoms with Gasteiger partial charge in [-0.3, -0.25) is 0 Å². The number of hydrogen-bond acceptors (Lipinski definition) is 2. The molecule has 1 aliphatic rings. The zero-order valence-corrected chi connectivity index (χ0v) is 14.0. The second-order valence-electron chi connectivity index (χ2n) is 6.76. The Balaban J connectivity index is 2.21. The van der Waals surface area contributed by atoms with E-state index in [4.69, 9.17) is 0 Å². The van der Waals surface area contributed by atoms with Crippen LogP contribution >= 0.6 is 11.8 Å². The van der Waals surface area contributed by atoms with Crippen molar-refractivity contribution in [2.45, 2.75) is 44.6 Å². The van der Waals surface area contributed by atoms with Crippen molar-refractivity contribution in [2.75, 3.05) is 6.26 Å². The Morgan fingerprint density at radius 1 is 1.29 bits per heavy atom. The Kier molecular flexibility index (Phi) is 3.66. The number of rotatable bonds is 2.